The molecule has 1 heterocycles. The molecule has 1 N–H and O–H groups in total. The molecule has 0 spiro atoms. The summed E-state index contributed by atoms with van der Waals surface area (Å²) in [5, 5.41) is 3.56. The Balaban J connectivity index is 2.90. The molecule has 3 nitrogen and oxygen atoms in total. The number of nitrogens with one attached hydrogen (secondary N) is 1. The fourth-order valence-corrected chi connectivity index (χ4v) is 2.69. The van der Waals surface area contributed by atoms with E-state index >= 15 is 0 Å². The number of pyridine rings is 1. The van der Waals surface area contributed by atoms with Gasteiger partial charge < -0.3 is 10.2 Å². The average Bonchev–Trinajstić information content (AvgIpc) is 2.41. The molecule has 0 bridgehead atoms. The summed E-state index contributed by atoms with van der Waals surface area (Å²) in [5.74, 6) is 1.20. The van der Waals surface area contributed by atoms with E-state index in [1.54, 1.807) is 0 Å². The van der Waals surface area contributed by atoms with Gasteiger partial charge in [-0.25, -0.2) is 0 Å². The topological polar surface area (TPSA) is 28.2 Å². The van der Waals surface area contributed by atoms with Gasteiger partial charge in [0, 0.05) is 48.3 Å². The summed E-state index contributed by atoms with van der Waals surface area (Å²) in [6, 6.07) is 2.74. The van der Waals surface area contributed by atoms with Crippen LogP contribution < -0.4 is 10.2 Å². The van der Waals surface area contributed by atoms with Crippen LogP contribution in [0.25, 0.3) is 0 Å². The third-order valence-corrected chi connectivity index (χ3v) is 4.33. The van der Waals surface area contributed by atoms with E-state index < -0.39 is 0 Å². The molecule has 1 unspecified atom stereocenters. The van der Waals surface area contributed by atoms with E-state index in [-0.39, 0.29) is 5.54 Å². The van der Waals surface area contributed by atoms with Crippen molar-refractivity contribution in [3.63, 3.8) is 0 Å². The summed E-state index contributed by atoms with van der Waals surface area (Å²) in [5.41, 5.74) is 3.76. The van der Waals surface area contributed by atoms with Gasteiger partial charge in [0.15, 0.2) is 0 Å². The van der Waals surface area contributed by atoms with Gasteiger partial charge in [0.1, 0.15) is 0 Å². The molecule has 0 aromatic carbocycles. The fourth-order valence-electron chi connectivity index (χ4n) is 2.12. The molecule has 0 aliphatic heterocycles. The summed E-state index contributed by atoms with van der Waals surface area (Å²) in [4.78, 5) is 6.87. The van der Waals surface area contributed by atoms with E-state index in [1.165, 1.54) is 23.4 Å². The van der Waals surface area contributed by atoms with E-state index in [9.17, 15) is 0 Å². The summed E-state index contributed by atoms with van der Waals surface area (Å²) in [6.45, 7) is 11.8. The number of aromatic nitrogens is 1. The van der Waals surface area contributed by atoms with Crippen LogP contribution in [0.3, 0.4) is 0 Å². The SMILES string of the molecule is CSCCC(C)N(C)c1cc(C)ncc1CNC(C)(C)C. The first-order chi connectivity index (χ1) is 9.74. The van der Waals surface area contributed by atoms with Crippen LogP contribution in [-0.4, -0.2) is 35.6 Å². The van der Waals surface area contributed by atoms with Crippen molar-refractivity contribution in [2.24, 2.45) is 0 Å². The monoisotopic (exact) mass is 309 g/mol. The van der Waals surface area contributed by atoms with Crippen LogP contribution in [0.5, 0.6) is 0 Å². The van der Waals surface area contributed by atoms with Crippen molar-refractivity contribution in [1.29, 1.82) is 0 Å². The summed E-state index contributed by atoms with van der Waals surface area (Å²) >= 11 is 1.91. The molecule has 21 heavy (non-hydrogen) atoms. The van der Waals surface area contributed by atoms with Crippen LogP contribution in [0.4, 0.5) is 5.69 Å². The smallest absolute Gasteiger partial charge is 0.0445 e. The molecule has 0 aliphatic rings. The number of rotatable bonds is 7. The van der Waals surface area contributed by atoms with Crippen molar-refractivity contribution in [3.05, 3.63) is 23.5 Å². The molecule has 0 saturated carbocycles. The van der Waals surface area contributed by atoms with Gasteiger partial charge in [-0.1, -0.05) is 0 Å². The Hall–Kier alpha value is -0.740. The van der Waals surface area contributed by atoms with Crippen molar-refractivity contribution in [1.82, 2.24) is 10.3 Å². The second kappa shape index (κ2) is 8.04. The molecule has 0 fully saturated rings. The van der Waals surface area contributed by atoms with Crippen molar-refractivity contribution >= 4 is 17.4 Å². The Labute approximate surface area is 134 Å². The van der Waals surface area contributed by atoms with Crippen molar-refractivity contribution in [2.45, 2.75) is 59.2 Å². The van der Waals surface area contributed by atoms with Gasteiger partial charge >= 0.3 is 0 Å². The molecule has 1 atom stereocenters. The molecule has 0 amide bonds. The lowest BCUT2D eigenvalue weighted by atomic mass is 10.1. The van der Waals surface area contributed by atoms with Gasteiger partial charge in [-0.15, -0.1) is 0 Å². The van der Waals surface area contributed by atoms with Gasteiger partial charge in [-0.05, 0) is 59.1 Å². The van der Waals surface area contributed by atoms with E-state index in [0.717, 1.165) is 12.2 Å². The predicted molar refractivity (Wildman–Crippen MR) is 96.4 cm³/mol. The van der Waals surface area contributed by atoms with Crippen molar-refractivity contribution in [3.8, 4) is 0 Å². The Bertz CT molecular complexity index is 440. The van der Waals surface area contributed by atoms with Crippen molar-refractivity contribution < 1.29 is 0 Å². The van der Waals surface area contributed by atoms with Crippen LogP contribution in [0.1, 0.15) is 45.4 Å². The molecule has 1 aromatic rings. The summed E-state index contributed by atoms with van der Waals surface area (Å²) < 4.78 is 0. The third-order valence-electron chi connectivity index (χ3n) is 3.69. The normalized spacial score (nSPS) is 13.3. The number of hydrogen-bond donors (Lipinski definition) is 1. The highest BCUT2D eigenvalue weighted by atomic mass is 32.2. The first kappa shape index (κ1) is 18.3. The molecular weight excluding hydrogens is 278 g/mol. The van der Waals surface area contributed by atoms with Gasteiger partial charge in [0.05, 0.1) is 0 Å². The minimum atomic E-state index is 0.116. The zero-order valence-electron chi connectivity index (χ0n) is 14.7. The quantitative estimate of drug-likeness (QED) is 0.828. The maximum atomic E-state index is 4.47. The maximum Gasteiger partial charge on any atom is 0.0445 e. The van der Waals surface area contributed by atoms with Gasteiger partial charge in [-0.2, -0.15) is 11.8 Å². The number of hydrogen-bond acceptors (Lipinski definition) is 4. The van der Waals surface area contributed by atoms with E-state index in [4.69, 9.17) is 0 Å². The molecule has 4 heteroatoms. The Morgan fingerprint density at radius 1 is 1.38 bits per heavy atom. The lowest BCUT2D eigenvalue weighted by Gasteiger charge is -2.30. The largest absolute Gasteiger partial charge is 0.371 e. The molecule has 0 aliphatic carbocycles. The van der Waals surface area contributed by atoms with Gasteiger partial charge in [0.25, 0.3) is 0 Å². The second-order valence-electron chi connectivity index (χ2n) is 6.80. The van der Waals surface area contributed by atoms with Crippen LogP contribution in [0, 0.1) is 6.92 Å². The first-order valence-corrected chi connectivity index (χ1v) is 9.06. The molecule has 1 rings (SSSR count). The Morgan fingerprint density at radius 3 is 2.62 bits per heavy atom. The zero-order chi connectivity index (χ0) is 16.0. The average molecular weight is 310 g/mol. The minimum absolute atomic E-state index is 0.116. The summed E-state index contributed by atoms with van der Waals surface area (Å²) in [7, 11) is 2.19. The van der Waals surface area contributed by atoms with Crippen LogP contribution in [-0.2, 0) is 6.54 Å². The summed E-state index contributed by atoms with van der Waals surface area (Å²) in [6.07, 6.45) is 5.38. The number of nitrogens with zero attached hydrogens (tertiary/aromatic N) is 2. The predicted octanol–water partition coefficient (Wildman–Crippen LogP) is 3.86. The van der Waals surface area contributed by atoms with Gasteiger partial charge in [-0.3, -0.25) is 4.98 Å². The fraction of sp³-hybridized carbons (Fsp3) is 0.706. The van der Waals surface area contributed by atoms with E-state index in [0.29, 0.717) is 6.04 Å². The van der Waals surface area contributed by atoms with Crippen LogP contribution >= 0.6 is 11.8 Å². The van der Waals surface area contributed by atoms with Gasteiger partial charge in [0.2, 0.25) is 0 Å². The molecular formula is C17H31N3S. The third kappa shape index (κ3) is 6.27. The van der Waals surface area contributed by atoms with Crippen LogP contribution in [0.15, 0.2) is 12.3 Å². The number of thioether (sulfide) groups is 1. The lowest BCUT2D eigenvalue weighted by molar-refractivity contribution is 0.424. The first-order valence-electron chi connectivity index (χ1n) is 7.67. The molecule has 120 valence electrons. The standard InChI is InChI=1S/C17H31N3S/c1-13-10-16(20(6)14(2)8-9-21-7)15(11-18-13)12-19-17(3,4)5/h10-11,14,19H,8-9,12H2,1-7H3. The lowest BCUT2D eigenvalue weighted by Crippen LogP contribution is -2.36. The van der Waals surface area contributed by atoms with Crippen LogP contribution in [0.2, 0.25) is 0 Å². The zero-order valence-corrected chi connectivity index (χ0v) is 15.5. The van der Waals surface area contributed by atoms with Crippen molar-refractivity contribution in [2.75, 3.05) is 24.0 Å². The molecule has 0 radical (unpaired) electrons. The Kier molecular flexibility index (Phi) is 7.01. The van der Waals surface area contributed by atoms with E-state index in [1.807, 2.05) is 18.0 Å². The highest BCUT2D eigenvalue weighted by molar-refractivity contribution is 7.98. The highest BCUT2D eigenvalue weighted by Gasteiger charge is 2.16. The maximum absolute atomic E-state index is 4.47. The van der Waals surface area contributed by atoms with E-state index in [2.05, 4.69) is 69.2 Å². The Morgan fingerprint density at radius 2 is 2.05 bits per heavy atom. The highest BCUT2D eigenvalue weighted by Crippen LogP contribution is 2.23. The number of anilines is 1. The molecule has 0 saturated heterocycles. The second-order valence-corrected chi connectivity index (χ2v) is 7.78. The minimum Gasteiger partial charge on any atom is -0.371 e. The molecule has 1 aromatic heterocycles. The number of aryl methyl sites for hydroxylation is 1.